The first-order chi connectivity index (χ1) is 10.7. The zero-order valence-corrected chi connectivity index (χ0v) is 13.5. The van der Waals surface area contributed by atoms with E-state index in [4.69, 9.17) is 11.6 Å². The van der Waals surface area contributed by atoms with Gasteiger partial charge in [0.05, 0.1) is 17.3 Å². The second-order valence-corrected chi connectivity index (χ2v) is 6.07. The fraction of sp³-hybridized carbons (Fsp3) is 0.125. The standard InChI is InChI=1S/C16H14ClN3OS/c1-22-14-5-2-11(3-6-14)16(21)18-8-13-10-20-9-12(17)4-7-15(20)19-13/h2-7,9-10H,8H2,1H3,(H,18,21). The Labute approximate surface area is 137 Å². The lowest BCUT2D eigenvalue weighted by Gasteiger charge is -2.04. The predicted molar refractivity (Wildman–Crippen MR) is 89.6 cm³/mol. The molecule has 22 heavy (non-hydrogen) atoms. The van der Waals surface area contributed by atoms with E-state index in [1.54, 1.807) is 24.0 Å². The number of carbonyl (C=O) groups is 1. The number of pyridine rings is 1. The van der Waals surface area contributed by atoms with Crippen LogP contribution < -0.4 is 5.32 Å². The summed E-state index contributed by atoms with van der Waals surface area (Å²) in [7, 11) is 0. The maximum atomic E-state index is 12.1. The molecule has 1 N–H and O–H groups in total. The molecular formula is C16H14ClN3OS. The maximum absolute atomic E-state index is 12.1. The molecule has 0 aliphatic carbocycles. The Hall–Kier alpha value is -1.98. The molecule has 2 heterocycles. The molecule has 0 radical (unpaired) electrons. The molecule has 0 saturated carbocycles. The zero-order chi connectivity index (χ0) is 15.5. The first kappa shape index (κ1) is 14.9. The molecule has 1 amide bonds. The van der Waals surface area contributed by atoms with Gasteiger partial charge in [-0.25, -0.2) is 4.98 Å². The molecule has 0 spiro atoms. The molecule has 0 bridgehead atoms. The van der Waals surface area contributed by atoms with Crippen molar-refractivity contribution in [2.75, 3.05) is 6.26 Å². The summed E-state index contributed by atoms with van der Waals surface area (Å²) in [6.45, 7) is 0.377. The van der Waals surface area contributed by atoms with Gasteiger partial charge in [0, 0.05) is 22.9 Å². The second kappa shape index (κ2) is 6.42. The number of fused-ring (bicyclic) bond motifs is 1. The van der Waals surface area contributed by atoms with Gasteiger partial charge in [0.1, 0.15) is 5.65 Å². The van der Waals surface area contributed by atoms with E-state index < -0.39 is 0 Å². The minimum atomic E-state index is -0.109. The van der Waals surface area contributed by atoms with Gasteiger partial charge in [0.2, 0.25) is 0 Å². The van der Waals surface area contributed by atoms with Crippen LogP contribution in [0.4, 0.5) is 0 Å². The predicted octanol–water partition coefficient (Wildman–Crippen LogP) is 3.64. The SMILES string of the molecule is CSc1ccc(C(=O)NCc2cn3cc(Cl)ccc3n2)cc1. The van der Waals surface area contributed by atoms with E-state index >= 15 is 0 Å². The van der Waals surface area contributed by atoms with Gasteiger partial charge in [0.15, 0.2) is 0 Å². The number of rotatable bonds is 4. The number of nitrogens with one attached hydrogen (secondary N) is 1. The average Bonchev–Trinajstić information content (AvgIpc) is 2.94. The highest BCUT2D eigenvalue weighted by atomic mass is 35.5. The third kappa shape index (κ3) is 3.26. The van der Waals surface area contributed by atoms with Gasteiger partial charge in [-0.05, 0) is 42.7 Å². The molecule has 3 aromatic rings. The smallest absolute Gasteiger partial charge is 0.251 e. The fourth-order valence-corrected chi connectivity index (χ4v) is 2.69. The molecule has 0 saturated heterocycles. The molecule has 0 aliphatic heterocycles. The molecule has 2 aromatic heterocycles. The van der Waals surface area contributed by atoms with Crippen LogP contribution in [0.1, 0.15) is 16.1 Å². The van der Waals surface area contributed by atoms with Gasteiger partial charge >= 0.3 is 0 Å². The van der Waals surface area contributed by atoms with Crippen LogP contribution in [0.5, 0.6) is 0 Å². The molecule has 112 valence electrons. The molecule has 1 aromatic carbocycles. The Balaban J connectivity index is 1.68. The van der Waals surface area contributed by atoms with Crippen LogP contribution in [0.15, 0.2) is 53.7 Å². The minimum Gasteiger partial charge on any atom is -0.346 e. The number of hydrogen-bond acceptors (Lipinski definition) is 3. The van der Waals surface area contributed by atoms with Crippen LogP contribution in [0.25, 0.3) is 5.65 Å². The van der Waals surface area contributed by atoms with E-state index in [-0.39, 0.29) is 5.91 Å². The fourth-order valence-electron chi connectivity index (χ4n) is 2.12. The van der Waals surface area contributed by atoms with Crippen LogP contribution >= 0.6 is 23.4 Å². The Kier molecular flexibility index (Phi) is 4.36. The van der Waals surface area contributed by atoms with Crippen LogP contribution in [-0.2, 0) is 6.54 Å². The molecule has 3 rings (SSSR count). The van der Waals surface area contributed by atoms with Crippen LogP contribution in [0.2, 0.25) is 5.02 Å². The van der Waals surface area contributed by atoms with Crippen molar-refractivity contribution in [2.45, 2.75) is 11.4 Å². The van der Waals surface area contributed by atoms with Crippen molar-refractivity contribution in [3.05, 3.63) is 65.1 Å². The van der Waals surface area contributed by atoms with Crippen molar-refractivity contribution >= 4 is 34.9 Å². The van der Waals surface area contributed by atoms with Crippen molar-refractivity contribution < 1.29 is 4.79 Å². The highest BCUT2D eigenvalue weighted by molar-refractivity contribution is 7.98. The van der Waals surface area contributed by atoms with Crippen molar-refractivity contribution in [2.24, 2.45) is 0 Å². The largest absolute Gasteiger partial charge is 0.346 e. The second-order valence-electron chi connectivity index (χ2n) is 4.76. The van der Waals surface area contributed by atoms with Crippen molar-refractivity contribution in [3.63, 3.8) is 0 Å². The van der Waals surface area contributed by atoms with E-state index in [9.17, 15) is 4.79 Å². The topological polar surface area (TPSA) is 46.4 Å². The van der Waals surface area contributed by atoms with Crippen LogP contribution in [-0.4, -0.2) is 21.5 Å². The monoisotopic (exact) mass is 331 g/mol. The summed E-state index contributed by atoms with van der Waals surface area (Å²) in [5.41, 5.74) is 2.24. The first-order valence-electron chi connectivity index (χ1n) is 6.71. The van der Waals surface area contributed by atoms with Gasteiger partial charge < -0.3 is 9.72 Å². The van der Waals surface area contributed by atoms with Crippen molar-refractivity contribution in [1.82, 2.24) is 14.7 Å². The van der Waals surface area contributed by atoms with Crippen molar-refractivity contribution in [3.8, 4) is 0 Å². The highest BCUT2D eigenvalue weighted by Crippen LogP contribution is 2.15. The quantitative estimate of drug-likeness (QED) is 0.742. The molecule has 4 nitrogen and oxygen atoms in total. The van der Waals surface area contributed by atoms with Gasteiger partial charge in [-0.1, -0.05) is 11.6 Å². The molecule has 0 atom stereocenters. The van der Waals surface area contributed by atoms with Gasteiger partial charge in [-0.3, -0.25) is 4.79 Å². The van der Waals surface area contributed by atoms with E-state index in [0.29, 0.717) is 17.1 Å². The summed E-state index contributed by atoms with van der Waals surface area (Å²) in [4.78, 5) is 17.7. The lowest BCUT2D eigenvalue weighted by atomic mass is 10.2. The third-order valence-corrected chi connectivity index (χ3v) is 4.21. The Morgan fingerprint density at radius 1 is 1.23 bits per heavy atom. The normalized spacial score (nSPS) is 10.8. The number of halogens is 1. The number of imidazole rings is 1. The summed E-state index contributed by atoms with van der Waals surface area (Å²) in [6.07, 6.45) is 5.65. The summed E-state index contributed by atoms with van der Waals surface area (Å²) >= 11 is 7.59. The molecule has 6 heteroatoms. The molecular weight excluding hydrogens is 318 g/mol. The highest BCUT2D eigenvalue weighted by Gasteiger charge is 2.07. The number of aromatic nitrogens is 2. The summed E-state index contributed by atoms with van der Waals surface area (Å²) in [5.74, 6) is -0.109. The first-order valence-corrected chi connectivity index (χ1v) is 8.31. The van der Waals surface area contributed by atoms with E-state index in [0.717, 1.165) is 16.2 Å². The minimum absolute atomic E-state index is 0.109. The number of amides is 1. The number of benzene rings is 1. The maximum Gasteiger partial charge on any atom is 0.251 e. The third-order valence-electron chi connectivity index (χ3n) is 3.25. The number of carbonyl (C=O) groups excluding carboxylic acids is 1. The number of thioether (sulfide) groups is 1. The summed E-state index contributed by atoms with van der Waals surface area (Å²) in [5, 5.41) is 3.52. The molecule has 0 fully saturated rings. The van der Waals surface area contributed by atoms with E-state index in [2.05, 4.69) is 10.3 Å². The lowest BCUT2D eigenvalue weighted by molar-refractivity contribution is 0.0950. The van der Waals surface area contributed by atoms with E-state index in [1.165, 1.54) is 0 Å². The van der Waals surface area contributed by atoms with E-state index in [1.807, 2.05) is 47.2 Å². The van der Waals surface area contributed by atoms with Crippen LogP contribution in [0, 0.1) is 0 Å². The Bertz CT molecular complexity index is 814. The zero-order valence-electron chi connectivity index (χ0n) is 11.9. The van der Waals surface area contributed by atoms with Gasteiger partial charge in [-0.15, -0.1) is 11.8 Å². The Morgan fingerprint density at radius 3 is 2.73 bits per heavy atom. The molecule has 0 unspecified atom stereocenters. The average molecular weight is 332 g/mol. The summed E-state index contributed by atoms with van der Waals surface area (Å²) in [6, 6.07) is 11.2. The van der Waals surface area contributed by atoms with Gasteiger partial charge in [0.25, 0.3) is 5.91 Å². The number of hydrogen-bond donors (Lipinski definition) is 1. The summed E-state index contributed by atoms with van der Waals surface area (Å²) < 4.78 is 1.84. The molecule has 0 aliphatic rings. The van der Waals surface area contributed by atoms with Crippen LogP contribution in [0.3, 0.4) is 0 Å². The lowest BCUT2D eigenvalue weighted by Crippen LogP contribution is -2.22. The van der Waals surface area contributed by atoms with Gasteiger partial charge in [-0.2, -0.15) is 0 Å². The Morgan fingerprint density at radius 2 is 2.00 bits per heavy atom. The van der Waals surface area contributed by atoms with Crippen molar-refractivity contribution in [1.29, 1.82) is 0 Å². The number of nitrogens with zero attached hydrogens (tertiary/aromatic N) is 2.